The van der Waals surface area contributed by atoms with Gasteiger partial charge in [-0.1, -0.05) is 6.07 Å². The molecule has 28 heavy (non-hydrogen) atoms. The van der Waals surface area contributed by atoms with Gasteiger partial charge in [0.15, 0.2) is 0 Å². The van der Waals surface area contributed by atoms with Crippen LogP contribution in [0.2, 0.25) is 0 Å². The number of rotatable bonds is 7. The van der Waals surface area contributed by atoms with Crippen molar-refractivity contribution in [1.82, 2.24) is 19.9 Å². The molecule has 0 spiro atoms. The van der Waals surface area contributed by atoms with Gasteiger partial charge in [0.2, 0.25) is 0 Å². The van der Waals surface area contributed by atoms with E-state index in [-0.39, 0.29) is 12.6 Å². The molecule has 1 fully saturated rings. The summed E-state index contributed by atoms with van der Waals surface area (Å²) in [5.41, 5.74) is 4.09. The van der Waals surface area contributed by atoms with Crippen LogP contribution in [0.4, 0.5) is 0 Å². The van der Waals surface area contributed by atoms with Crippen molar-refractivity contribution in [1.29, 1.82) is 0 Å². The highest BCUT2D eigenvalue weighted by molar-refractivity contribution is 7.09. The summed E-state index contributed by atoms with van der Waals surface area (Å²) in [5.74, 6) is 0.856. The first kappa shape index (κ1) is 19.0. The predicted molar refractivity (Wildman–Crippen MR) is 109 cm³/mol. The van der Waals surface area contributed by atoms with Gasteiger partial charge in [0.05, 0.1) is 17.3 Å². The van der Waals surface area contributed by atoms with Crippen LogP contribution in [-0.2, 0) is 13.2 Å². The smallest absolute Gasteiger partial charge is 0.131 e. The number of ether oxygens (including phenoxy) is 1. The SMILES string of the molecule is Cc1nc(COc2ccc(-c3cncnc3)cc2CN2CCC[C@@H]2CO)cs1. The summed E-state index contributed by atoms with van der Waals surface area (Å²) >= 11 is 1.63. The molecule has 4 rings (SSSR count). The Bertz CT molecular complexity index is 916. The minimum Gasteiger partial charge on any atom is -0.487 e. The Morgan fingerprint density at radius 2 is 2.11 bits per heavy atom. The Kier molecular flexibility index (Phi) is 5.95. The van der Waals surface area contributed by atoms with Gasteiger partial charge in [0.25, 0.3) is 0 Å². The van der Waals surface area contributed by atoms with Gasteiger partial charge in [0, 0.05) is 41.5 Å². The van der Waals surface area contributed by atoms with Crippen molar-refractivity contribution in [2.24, 2.45) is 0 Å². The van der Waals surface area contributed by atoms with E-state index < -0.39 is 0 Å². The molecule has 3 heterocycles. The molecule has 7 heteroatoms. The molecule has 0 unspecified atom stereocenters. The number of thiazole rings is 1. The van der Waals surface area contributed by atoms with Crippen molar-refractivity contribution in [3.63, 3.8) is 0 Å². The van der Waals surface area contributed by atoms with E-state index in [2.05, 4.69) is 25.9 Å². The summed E-state index contributed by atoms with van der Waals surface area (Å²) in [6.45, 7) is 4.39. The Morgan fingerprint density at radius 3 is 2.86 bits per heavy atom. The highest BCUT2D eigenvalue weighted by Crippen LogP contribution is 2.30. The molecule has 0 aliphatic carbocycles. The second kappa shape index (κ2) is 8.77. The van der Waals surface area contributed by atoms with E-state index >= 15 is 0 Å². The number of likely N-dealkylation sites (tertiary alicyclic amines) is 1. The second-order valence-corrected chi connectivity index (χ2v) is 8.11. The van der Waals surface area contributed by atoms with E-state index in [0.29, 0.717) is 6.61 Å². The van der Waals surface area contributed by atoms with Crippen LogP contribution in [0, 0.1) is 6.92 Å². The highest BCUT2D eigenvalue weighted by atomic mass is 32.1. The third-order valence-electron chi connectivity index (χ3n) is 5.08. The van der Waals surface area contributed by atoms with Crippen molar-refractivity contribution in [2.45, 2.75) is 39.0 Å². The molecule has 1 atom stereocenters. The molecule has 146 valence electrons. The number of hydrogen-bond donors (Lipinski definition) is 1. The lowest BCUT2D eigenvalue weighted by atomic mass is 10.0. The van der Waals surface area contributed by atoms with Gasteiger partial charge in [-0.2, -0.15) is 0 Å². The third-order valence-corrected chi connectivity index (χ3v) is 5.90. The summed E-state index contributed by atoms with van der Waals surface area (Å²) in [6.07, 6.45) is 7.32. The topological polar surface area (TPSA) is 71.4 Å². The van der Waals surface area contributed by atoms with Gasteiger partial charge in [-0.15, -0.1) is 11.3 Å². The minimum absolute atomic E-state index is 0.195. The fourth-order valence-corrected chi connectivity index (χ4v) is 4.22. The Labute approximate surface area is 168 Å². The summed E-state index contributed by atoms with van der Waals surface area (Å²) in [6, 6.07) is 6.42. The molecule has 1 saturated heterocycles. The molecule has 1 aromatic carbocycles. The van der Waals surface area contributed by atoms with Crippen LogP contribution in [0.3, 0.4) is 0 Å². The summed E-state index contributed by atoms with van der Waals surface area (Å²) in [5, 5.41) is 12.8. The quantitative estimate of drug-likeness (QED) is 0.660. The summed E-state index contributed by atoms with van der Waals surface area (Å²) in [4.78, 5) is 15.1. The lowest BCUT2D eigenvalue weighted by Crippen LogP contribution is -2.31. The molecule has 0 saturated carbocycles. The zero-order chi connectivity index (χ0) is 19.3. The van der Waals surface area contributed by atoms with E-state index in [0.717, 1.165) is 59.1 Å². The maximum atomic E-state index is 9.67. The van der Waals surface area contributed by atoms with Crippen LogP contribution in [0.25, 0.3) is 11.1 Å². The molecular formula is C21H24N4O2S. The molecule has 1 N–H and O–H groups in total. The molecule has 0 bridgehead atoms. The first-order chi connectivity index (χ1) is 13.7. The van der Waals surface area contributed by atoms with Crippen LogP contribution in [-0.4, -0.2) is 44.2 Å². The van der Waals surface area contributed by atoms with Crippen molar-refractivity contribution in [2.75, 3.05) is 13.2 Å². The Hall–Kier alpha value is -2.35. The van der Waals surface area contributed by atoms with Gasteiger partial charge in [-0.25, -0.2) is 15.0 Å². The highest BCUT2D eigenvalue weighted by Gasteiger charge is 2.24. The maximum Gasteiger partial charge on any atom is 0.131 e. The monoisotopic (exact) mass is 396 g/mol. The average Bonchev–Trinajstić information content (AvgIpc) is 3.36. The van der Waals surface area contributed by atoms with Crippen molar-refractivity contribution in [3.8, 4) is 16.9 Å². The molecular weight excluding hydrogens is 372 g/mol. The molecule has 0 radical (unpaired) electrons. The van der Waals surface area contributed by atoms with Crippen LogP contribution in [0.15, 0.2) is 42.3 Å². The molecule has 0 amide bonds. The molecule has 1 aliphatic rings. The standard InChI is InChI=1S/C21H24N4O2S/c1-15-24-19(13-28-15)12-27-21-5-4-16(18-8-22-14-23-9-18)7-17(21)10-25-6-2-3-20(25)11-26/h4-5,7-9,13-14,20,26H,2-3,6,10-12H2,1H3/t20-/m1/s1. The predicted octanol–water partition coefficient (Wildman–Crippen LogP) is 3.44. The van der Waals surface area contributed by atoms with Crippen molar-refractivity contribution < 1.29 is 9.84 Å². The summed E-state index contributed by atoms with van der Waals surface area (Å²) < 4.78 is 6.13. The molecule has 3 aromatic rings. The number of aryl methyl sites for hydroxylation is 1. The largest absolute Gasteiger partial charge is 0.487 e. The third kappa shape index (κ3) is 4.38. The fourth-order valence-electron chi connectivity index (χ4n) is 3.63. The molecule has 6 nitrogen and oxygen atoms in total. The van der Waals surface area contributed by atoms with Gasteiger partial charge in [-0.3, -0.25) is 4.90 Å². The Morgan fingerprint density at radius 1 is 1.25 bits per heavy atom. The van der Waals surface area contributed by atoms with Crippen LogP contribution < -0.4 is 4.74 Å². The van der Waals surface area contributed by atoms with Gasteiger partial charge < -0.3 is 9.84 Å². The van der Waals surface area contributed by atoms with Gasteiger partial charge in [-0.05, 0) is 44.0 Å². The Balaban J connectivity index is 1.60. The van der Waals surface area contributed by atoms with E-state index in [1.54, 1.807) is 11.3 Å². The molecule has 2 aromatic heterocycles. The van der Waals surface area contributed by atoms with Crippen molar-refractivity contribution in [3.05, 3.63) is 58.6 Å². The molecule has 1 aliphatic heterocycles. The maximum absolute atomic E-state index is 9.67. The van der Waals surface area contributed by atoms with E-state index in [1.165, 1.54) is 6.33 Å². The number of aromatic nitrogens is 3. The van der Waals surface area contributed by atoms with Crippen LogP contribution in [0.1, 0.15) is 29.1 Å². The summed E-state index contributed by atoms with van der Waals surface area (Å²) in [7, 11) is 0. The number of benzene rings is 1. The van der Waals surface area contributed by atoms with E-state index in [1.807, 2.05) is 36.8 Å². The zero-order valence-corrected chi connectivity index (χ0v) is 16.7. The van der Waals surface area contributed by atoms with E-state index in [9.17, 15) is 5.11 Å². The van der Waals surface area contributed by atoms with Gasteiger partial charge in [0.1, 0.15) is 18.7 Å². The number of aliphatic hydroxyl groups is 1. The lowest BCUT2D eigenvalue weighted by molar-refractivity contribution is 0.152. The average molecular weight is 397 g/mol. The zero-order valence-electron chi connectivity index (χ0n) is 15.9. The fraction of sp³-hybridized carbons (Fsp3) is 0.381. The minimum atomic E-state index is 0.195. The first-order valence-corrected chi connectivity index (χ1v) is 10.4. The van der Waals surface area contributed by atoms with Crippen LogP contribution in [0.5, 0.6) is 5.75 Å². The van der Waals surface area contributed by atoms with Gasteiger partial charge >= 0.3 is 0 Å². The normalized spacial score (nSPS) is 17.1. The second-order valence-electron chi connectivity index (χ2n) is 7.05. The van der Waals surface area contributed by atoms with E-state index in [4.69, 9.17) is 4.74 Å². The van der Waals surface area contributed by atoms with Crippen LogP contribution >= 0.6 is 11.3 Å². The number of hydrogen-bond acceptors (Lipinski definition) is 7. The lowest BCUT2D eigenvalue weighted by Gasteiger charge is -2.24. The number of nitrogens with zero attached hydrogens (tertiary/aromatic N) is 4. The number of aliphatic hydroxyl groups excluding tert-OH is 1. The van der Waals surface area contributed by atoms with Crippen molar-refractivity contribution >= 4 is 11.3 Å². The first-order valence-electron chi connectivity index (χ1n) is 9.50.